The van der Waals surface area contributed by atoms with E-state index in [-0.39, 0.29) is 18.1 Å². The number of benzene rings is 1. The Balaban J connectivity index is 1.94. The number of nitrogens with zero attached hydrogens (tertiary/aromatic N) is 2. The fraction of sp³-hybridized carbons (Fsp3) is 0.600. The molecule has 25 heavy (non-hydrogen) atoms. The lowest BCUT2D eigenvalue weighted by molar-refractivity contribution is -0.148. The van der Waals surface area contributed by atoms with Crippen molar-refractivity contribution in [3.8, 4) is 6.07 Å². The first-order chi connectivity index (χ1) is 12.1. The van der Waals surface area contributed by atoms with Crippen LogP contribution in [0.2, 0.25) is 0 Å². The van der Waals surface area contributed by atoms with Gasteiger partial charge in [-0.1, -0.05) is 12.1 Å². The molecule has 1 fully saturated rings. The van der Waals surface area contributed by atoms with E-state index < -0.39 is 6.10 Å². The van der Waals surface area contributed by atoms with Crippen LogP contribution in [0.4, 0.5) is 0 Å². The Kier molecular flexibility index (Phi) is 7.42. The Bertz CT molecular complexity index is 588. The van der Waals surface area contributed by atoms with Crippen LogP contribution in [0.3, 0.4) is 0 Å². The summed E-state index contributed by atoms with van der Waals surface area (Å²) in [6.45, 7) is 7.63. The average molecular weight is 344 g/mol. The van der Waals surface area contributed by atoms with Crippen LogP contribution in [0.15, 0.2) is 24.3 Å². The SMILES string of the molecule is CCN(C(=O)C(C)OCC1CCCCO1)C(C)c1ccc(C#N)cc1. The van der Waals surface area contributed by atoms with Crippen LogP contribution in [0, 0.1) is 11.3 Å². The lowest BCUT2D eigenvalue weighted by atomic mass is 10.0. The van der Waals surface area contributed by atoms with Crippen LogP contribution in [0.25, 0.3) is 0 Å². The molecule has 0 aromatic heterocycles. The minimum atomic E-state index is -0.494. The molecule has 0 spiro atoms. The summed E-state index contributed by atoms with van der Waals surface area (Å²) in [5.41, 5.74) is 1.63. The lowest BCUT2D eigenvalue weighted by Gasteiger charge is -2.31. The zero-order valence-electron chi connectivity index (χ0n) is 15.4. The smallest absolute Gasteiger partial charge is 0.251 e. The highest BCUT2D eigenvalue weighted by molar-refractivity contribution is 5.81. The van der Waals surface area contributed by atoms with Gasteiger partial charge in [-0.25, -0.2) is 0 Å². The van der Waals surface area contributed by atoms with Gasteiger partial charge in [0.25, 0.3) is 5.91 Å². The van der Waals surface area contributed by atoms with Gasteiger partial charge < -0.3 is 14.4 Å². The topological polar surface area (TPSA) is 62.6 Å². The van der Waals surface area contributed by atoms with E-state index in [0.717, 1.165) is 31.4 Å². The maximum atomic E-state index is 12.8. The Labute approximate surface area is 150 Å². The average Bonchev–Trinajstić information content (AvgIpc) is 2.67. The predicted molar refractivity (Wildman–Crippen MR) is 96.0 cm³/mol. The normalized spacial score (nSPS) is 19.7. The largest absolute Gasteiger partial charge is 0.376 e. The van der Waals surface area contributed by atoms with Crippen molar-refractivity contribution in [3.63, 3.8) is 0 Å². The van der Waals surface area contributed by atoms with Crippen LogP contribution < -0.4 is 0 Å². The highest BCUT2D eigenvalue weighted by Crippen LogP contribution is 2.22. The number of rotatable bonds is 7. The molecule has 3 atom stereocenters. The maximum Gasteiger partial charge on any atom is 0.251 e. The first-order valence-electron chi connectivity index (χ1n) is 9.10. The van der Waals surface area contributed by atoms with Gasteiger partial charge in [0, 0.05) is 13.2 Å². The van der Waals surface area contributed by atoms with Gasteiger partial charge in [0.1, 0.15) is 6.10 Å². The van der Waals surface area contributed by atoms with Crippen molar-refractivity contribution in [1.29, 1.82) is 5.26 Å². The van der Waals surface area contributed by atoms with Crippen LogP contribution in [0.1, 0.15) is 57.2 Å². The van der Waals surface area contributed by atoms with Gasteiger partial charge in [-0.3, -0.25) is 4.79 Å². The number of nitriles is 1. The molecule has 1 aromatic carbocycles. The molecule has 5 nitrogen and oxygen atoms in total. The lowest BCUT2D eigenvalue weighted by Crippen LogP contribution is -2.41. The van der Waals surface area contributed by atoms with Gasteiger partial charge in [0.15, 0.2) is 0 Å². The first kappa shape index (κ1) is 19.4. The fourth-order valence-corrected chi connectivity index (χ4v) is 3.13. The monoisotopic (exact) mass is 344 g/mol. The highest BCUT2D eigenvalue weighted by atomic mass is 16.5. The third kappa shape index (κ3) is 5.29. The summed E-state index contributed by atoms with van der Waals surface area (Å²) in [4.78, 5) is 14.6. The number of likely N-dealkylation sites (N-methyl/N-ethyl adjacent to an activating group) is 1. The summed E-state index contributed by atoms with van der Waals surface area (Å²) in [6.07, 6.45) is 2.88. The van der Waals surface area contributed by atoms with Crippen molar-refractivity contribution in [2.75, 3.05) is 19.8 Å². The zero-order chi connectivity index (χ0) is 18.2. The Morgan fingerprint density at radius 2 is 2.08 bits per heavy atom. The molecule has 1 heterocycles. The highest BCUT2D eigenvalue weighted by Gasteiger charge is 2.26. The molecule has 0 N–H and O–H groups in total. The number of ether oxygens (including phenoxy) is 2. The summed E-state index contributed by atoms with van der Waals surface area (Å²) in [7, 11) is 0. The van der Waals surface area contributed by atoms with Crippen LogP contribution >= 0.6 is 0 Å². The predicted octanol–water partition coefficient (Wildman–Crippen LogP) is 3.44. The van der Waals surface area contributed by atoms with E-state index in [2.05, 4.69) is 6.07 Å². The van der Waals surface area contributed by atoms with Gasteiger partial charge in [0.2, 0.25) is 0 Å². The molecule has 1 aliphatic rings. The molecular formula is C20H28N2O3. The van der Waals surface area contributed by atoms with E-state index in [9.17, 15) is 4.79 Å². The quantitative estimate of drug-likeness (QED) is 0.760. The first-order valence-corrected chi connectivity index (χ1v) is 9.10. The van der Waals surface area contributed by atoms with Crippen molar-refractivity contribution < 1.29 is 14.3 Å². The Morgan fingerprint density at radius 3 is 2.64 bits per heavy atom. The third-order valence-electron chi connectivity index (χ3n) is 4.77. The number of carbonyl (C=O) groups is 1. The second-order valence-electron chi connectivity index (χ2n) is 6.50. The van der Waals surface area contributed by atoms with E-state index in [1.807, 2.05) is 30.9 Å². The van der Waals surface area contributed by atoms with E-state index in [1.165, 1.54) is 0 Å². The molecular weight excluding hydrogens is 316 g/mol. The molecule has 2 rings (SSSR count). The summed E-state index contributed by atoms with van der Waals surface area (Å²) < 4.78 is 11.4. The number of carbonyl (C=O) groups excluding carboxylic acids is 1. The summed E-state index contributed by atoms with van der Waals surface area (Å²) in [5.74, 6) is -0.0184. The van der Waals surface area contributed by atoms with Crippen LogP contribution in [-0.2, 0) is 14.3 Å². The zero-order valence-corrected chi connectivity index (χ0v) is 15.4. The van der Waals surface area contributed by atoms with Gasteiger partial charge in [-0.2, -0.15) is 5.26 Å². The molecule has 1 aliphatic heterocycles. The van der Waals surface area contributed by atoms with E-state index in [1.54, 1.807) is 19.1 Å². The second kappa shape index (κ2) is 9.55. The number of hydrogen-bond donors (Lipinski definition) is 0. The molecule has 0 bridgehead atoms. The molecule has 1 aromatic rings. The Morgan fingerprint density at radius 1 is 1.36 bits per heavy atom. The van der Waals surface area contributed by atoms with Gasteiger partial charge in [-0.15, -0.1) is 0 Å². The summed E-state index contributed by atoms with van der Waals surface area (Å²) in [5, 5.41) is 8.91. The molecule has 1 saturated heterocycles. The second-order valence-corrected chi connectivity index (χ2v) is 6.50. The van der Waals surface area contributed by atoms with Crippen molar-refractivity contribution in [3.05, 3.63) is 35.4 Å². The Hall–Kier alpha value is -1.90. The summed E-state index contributed by atoms with van der Waals surface area (Å²) >= 11 is 0. The maximum absolute atomic E-state index is 12.8. The molecule has 5 heteroatoms. The van der Waals surface area contributed by atoms with E-state index >= 15 is 0 Å². The van der Waals surface area contributed by atoms with E-state index in [4.69, 9.17) is 14.7 Å². The van der Waals surface area contributed by atoms with Crippen LogP contribution in [-0.4, -0.2) is 42.8 Å². The molecule has 136 valence electrons. The molecule has 3 unspecified atom stereocenters. The van der Waals surface area contributed by atoms with Gasteiger partial charge in [0.05, 0.1) is 30.4 Å². The van der Waals surface area contributed by atoms with E-state index in [0.29, 0.717) is 18.7 Å². The molecule has 0 radical (unpaired) electrons. The van der Waals surface area contributed by atoms with Crippen molar-refractivity contribution in [2.45, 2.75) is 58.3 Å². The third-order valence-corrected chi connectivity index (χ3v) is 4.77. The fourth-order valence-electron chi connectivity index (χ4n) is 3.13. The summed E-state index contributed by atoms with van der Waals surface area (Å²) in [6, 6.07) is 9.42. The van der Waals surface area contributed by atoms with Crippen molar-refractivity contribution >= 4 is 5.91 Å². The van der Waals surface area contributed by atoms with Crippen molar-refractivity contribution in [2.24, 2.45) is 0 Å². The number of hydrogen-bond acceptors (Lipinski definition) is 4. The molecule has 1 amide bonds. The minimum Gasteiger partial charge on any atom is -0.376 e. The van der Waals surface area contributed by atoms with Crippen molar-refractivity contribution in [1.82, 2.24) is 4.90 Å². The molecule has 0 aliphatic carbocycles. The van der Waals surface area contributed by atoms with Gasteiger partial charge in [-0.05, 0) is 57.7 Å². The van der Waals surface area contributed by atoms with Crippen LogP contribution in [0.5, 0.6) is 0 Å². The molecule has 0 saturated carbocycles. The minimum absolute atomic E-state index is 0.0184. The number of amides is 1. The van der Waals surface area contributed by atoms with Gasteiger partial charge >= 0.3 is 0 Å². The standard InChI is InChI=1S/C20H28N2O3/c1-4-22(15(2)18-10-8-17(13-21)9-11-18)20(23)16(3)25-14-19-7-5-6-12-24-19/h8-11,15-16,19H,4-7,12,14H2,1-3H3.